The third kappa shape index (κ3) is 7.07. The molecule has 1 saturated heterocycles. The Kier molecular flexibility index (Phi) is 10.4. The van der Waals surface area contributed by atoms with E-state index in [-0.39, 0.29) is 43.4 Å². The predicted octanol–water partition coefficient (Wildman–Crippen LogP) is 0.161. The van der Waals surface area contributed by atoms with Gasteiger partial charge in [0.2, 0.25) is 11.8 Å². The van der Waals surface area contributed by atoms with Gasteiger partial charge < -0.3 is 20.3 Å². The maximum atomic E-state index is 11.9. The molecule has 1 unspecified atom stereocenters. The Morgan fingerprint density at radius 1 is 1.35 bits per heavy atom. The lowest BCUT2D eigenvalue weighted by Crippen LogP contribution is -2.44. The van der Waals surface area contributed by atoms with Crippen LogP contribution in [0.3, 0.4) is 0 Å². The average molecular weight is 308 g/mol. The molecule has 1 heterocycles. The molecule has 1 aliphatic rings. The smallest absolute Gasteiger partial charge is 0.239 e. The Balaban J connectivity index is 0.00000361. The fraction of sp³-hybridized carbons (Fsp3) is 0.846. The van der Waals surface area contributed by atoms with Crippen molar-refractivity contribution in [1.29, 1.82) is 0 Å². The lowest BCUT2D eigenvalue weighted by Gasteiger charge is -2.21. The lowest BCUT2D eigenvalue weighted by molar-refractivity contribution is -0.135. The molecule has 0 radical (unpaired) electrons. The maximum absolute atomic E-state index is 11.9. The van der Waals surface area contributed by atoms with Crippen LogP contribution in [0, 0.1) is 0 Å². The van der Waals surface area contributed by atoms with Crippen molar-refractivity contribution in [3.05, 3.63) is 0 Å². The van der Waals surface area contributed by atoms with Crippen LogP contribution in [0.15, 0.2) is 0 Å². The van der Waals surface area contributed by atoms with Crippen molar-refractivity contribution in [2.45, 2.75) is 32.8 Å². The van der Waals surface area contributed by atoms with E-state index in [1.165, 1.54) is 0 Å². The average Bonchev–Trinajstić information content (AvgIpc) is 2.89. The van der Waals surface area contributed by atoms with Gasteiger partial charge in [-0.05, 0) is 26.7 Å². The molecular formula is C13H26ClN3O3. The van der Waals surface area contributed by atoms with Crippen molar-refractivity contribution < 1.29 is 14.3 Å². The summed E-state index contributed by atoms with van der Waals surface area (Å²) < 4.78 is 5.47. The number of ether oxygens (including phenoxy) is 1. The SMILES string of the molecule is CCNC(=O)CN(CC)C(=O)CNCC1CCCO1.Cl. The second-order valence-electron chi connectivity index (χ2n) is 4.63. The molecule has 1 atom stereocenters. The number of nitrogens with one attached hydrogen (secondary N) is 2. The first kappa shape index (κ1) is 19.1. The van der Waals surface area contributed by atoms with E-state index in [9.17, 15) is 9.59 Å². The minimum absolute atomic E-state index is 0. The van der Waals surface area contributed by atoms with Gasteiger partial charge in [-0.2, -0.15) is 0 Å². The predicted molar refractivity (Wildman–Crippen MR) is 80.0 cm³/mol. The summed E-state index contributed by atoms with van der Waals surface area (Å²) >= 11 is 0. The Morgan fingerprint density at radius 3 is 2.65 bits per heavy atom. The lowest BCUT2D eigenvalue weighted by atomic mass is 10.2. The van der Waals surface area contributed by atoms with Gasteiger partial charge in [0, 0.05) is 26.2 Å². The quantitative estimate of drug-likeness (QED) is 0.670. The van der Waals surface area contributed by atoms with Crippen LogP contribution in [0.2, 0.25) is 0 Å². The first-order valence-corrected chi connectivity index (χ1v) is 7.04. The van der Waals surface area contributed by atoms with Crippen LogP contribution >= 0.6 is 12.4 Å². The van der Waals surface area contributed by atoms with Crippen molar-refractivity contribution in [2.75, 3.05) is 39.3 Å². The van der Waals surface area contributed by atoms with E-state index in [0.717, 1.165) is 19.4 Å². The molecule has 0 bridgehead atoms. The van der Waals surface area contributed by atoms with Gasteiger partial charge in [-0.15, -0.1) is 12.4 Å². The molecule has 6 nitrogen and oxygen atoms in total. The highest BCUT2D eigenvalue weighted by Crippen LogP contribution is 2.10. The van der Waals surface area contributed by atoms with Crippen LogP contribution in [0.5, 0.6) is 0 Å². The number of carbonyl (C=O) groups is 2. The number of halogens is 1. The van der Waals surface area contributed by atoms with Crippen LogP contribution < -0.4 is 10.6 Å². The summed E-state index contributed by atoms with van der Waals surface area (Å²) in [5, 5.41) is 5.79. The maximum Gasteiger partial charge on any atom is 0.239 e. The van der Waals surface area contributed by atoms with Crippen LogP contribution in [-0.2, 0) is 14.3 Å². The fourth-order valence-electron chi connectivity index (χ4n) is 2.06. The molecule has 1 rings (SSSR count). The number of nitrogens with zero attached hydrogens (tertiary/aromatic N) is 1. The molecule has 2 amide bonds. The molecule has 1 fully saturated rings. The highest BCUT2D eigenvalue weighted by Gasteiger charge is 2.17. The fourth-order valence-corrected chi connectivity index (χ4v) is 2.06. The standard InChI is InChI=1S/C13H25N3O3.ClH/c1-3-15-12(17)10-16(4-2)13(18)9-14-8-11-6-5-7-19-11;/h11,14H,3-10H2,1-2H3,(H,15,17);1H. The Labute approximate surface area is 127 Å². The van der Waals surface area contributed by atoms with Gasteiger partial charge in [-0.1, -0.05) is 0 Å². The van der Waals surface area contributed by atoms with Crippen molar-refractivity contribution in [3.63, 3.8) is 0 Å². The zero-order chi connectivity index (χ0) is 14.1. The molecule has 20 heavy (non-hydrogen) atoms. The second kappa shape index (κ2) is 10.9. The highest BCUT2D eigenvalue weighted by atomic mass is 35.5. The summed E-state index contributed by atoms with van der Waals surface area (Å²) in [4.78, 5) is 24.9. The topological polar surface area (TPSA) is 70.7 Å². The van der Waals surface area contributed by atoms with E-state index in [4.69, 9.17) is 4.74 Å². The van der Waals surface area contributed by atoms with E-state index >= 15 is 0 Å². The Bertz CT molecular complexity index is 297. The van der Waals surface area contributed by atoms with Crippen molar-refractivity contribution in [1.82, 2.24) is 15.5 Å². The minimum atomic E-state index is -0.114. The third-order valence-electron chi connectivity index (χ3n) is 3.12. The molecule has 7 heteroatoms. The van der Waals surface area contributed by atoms with E-state index < -0.39 is 0 Å². The monoisotopic (exact) mass is 307 g/mol. The number of hydrogen-bond acceptors (Lipinski definition) is 4. The van der Waals surface area contributed by atoms with Crippen molar-refractivity contribution >= 4 is 24.2 Å². The van der Waals surface area contributed by atoms with Gasteiger partial charge in [0.1, 0.15) is 0 Å². The Hall–Kier alpha value is -0.850. The number of likely N-dealkylation sites (N-methyl/N-ethyl adjacent to an activating group) is 2. The van der Waals surface area contributed by atoms with E-state index in [2.05, 4.69) is 10.6 Å². The molecule has 0 spiro atoms. The molecule has 0 aliphatic carbocycles. The zero-order valence-electron chi connectivity index (χ0n) is 12.3. The van der Waals surface area contributed by atoms with Gasteiger partial charge in [0.15, 0.2) is 0 Å². The van der Waals surface area contributed by atoms with E-state index in [1.807, 2.05) is 13.8 Å². The Morgan fingerprint density at radius 2 is 2.10 bits per heavy atom. The van der Waals surface area contributed by atoms with Crippen molar-refractivity contribution in [3.8, 4) is 0 Å². The van der Waals surface area contributed by atoms with E-state index in [1.54, 1.807) is 4.90 Å². The van der Waals surface area contributed by atoms with Gasteiger partial charge in [-0.3, -0.25) is 9.59 Å². The number of amides is 2. The normalized spacial score (nSPS) is 17.4. The summed E-state index contributed by atoms with van der Waals surface area (Å²) in [6.45, 7) is 6.76. The molecule has 0 aromatic rings. The zero-order valence-corrected chi connectivity index (χ0v) is 13.1. The largest absolute Gasteiger partial charge is 0.377 e. The summed E-state index contributed by atoms with van der Waals surface area (Å²) in [5.74, 6) is -0.163. The van der Waals surface area contributed by atoms with Crippen LogP contribution in [0.4, 0.5) is 0 Å². The molecule has 0 aromatic heterocycles. The first-order chi connectivity index (χ1) is 9.17. The molecular weight excluding hydrogens is 282 g/mol. The van der Waals surface area contributed by atoms with Gasteiger partial charge >= 0.3 is 0 Å². The van der Waals surface area contributed by atoms with Gasteiger partial charge in [0.05, 0.1) is 19.2 Å². The molecule has 0 saturated carbocycles. The molecule has 2 N–H and O–H groups in total. The van der Waals surface area contributed by atoms with Crippen molar-refractivity contribution in [2.24, 2.45) is 0 Å². The summed E-state index contributed by atoms with van der Waals surface area (Å²) in [6, 6.07) is 0. The van der Waals surface area contributed by atoms with Crippen LogP contribution in [0.25, 0.3) is 0 Å². The van der Waals surface area contributed by atoms with Gasteiger partial charge in [0.25, 0.3) is 0 Å². The third-order valence-corrected chi connectivity index (χ3v) is 3.12. The molecule has 1 aliphatic heterocycles. The van der Waals surface area contributed by atoms with Crippen LogP contribution in [0.1, 0.15) is 26.7 Å². The highest BCUT2D eigenvalue weighted by molar-refractivity contribution is 5.85. The number of hydrogen-bond donors (Lipinski definition) is 2. The first-order valence-electron chi connectivity index (χ1n) is 7.04. The summed E-state index contributed by atoms with van der Waals surface area (Å²) in [6.07, 6.45) is 2.38. The van der Waals surface area contributed by atoms with Crippen LogP contribution in [-0.4, -0.2) is 62.1 Å². The summed E-state index contributed by atoms with van der Waals surface area (Å²) in [7, 11) is 0. The molecule has 118 valence electrons. The minimum Gasteiger partial charge on any atom is -0.377 e. The van der Waals surface area contributed by atoms with E-state index in [0.29, 0.717) is 19.6 Å². The summed E-state index contributed by atoms with van der Waals surface area (Å²) in [5.41, 5.74) is 0. The van der Waals surface area contributed by atoms with Gasteiger partial charge in [-0.25, -0.2) is 0 Å². The second-order valence-corrected chi connectivity index (χ2v) is 4.63. The number of carbonyl (C=O) groups excluding carboxylic acids is 2. The number of rotatable bonds is 8. The molecule has 0 aromatic carbocycles.